The standard InChI is InChI=1S/C11H17BrN2O2/c1-7(2)14-10(9(12)5-13-14)11(15)8-3-4-16-6-8/h5,7-8,11,15H,3-4,6H2,1-2H3. The second-order valence-electron chi connectivity index (χ2n) is 4.48. The molecule has 5 heteroatoms. The first-order valence-corrected chi connectivity index (χ1v) is 6.39. The largest absolute Gasteiger partial charge is 0.386 e. The summed E-state index contributed by atoms with van der Waals surface area (Å²) in [5, 5.41) is 14.6. The van der Waals surface area contributed by atoms with Crippen LogP contribution in [0.25, 0.3) is 0 Å². The van der Waals surface area contributed by atoms with Crippen molar-refractivity contribution in [1.82, 2.24) is 9.78 Å². The quantitative estimate of drug-likeness (QED) is 0.928. The number of rotatable bonds is 3. The van der Waals surface area contributed by atoms with Gasteiger partial charge in [-0.25, -0.2) is 0 Å². The highest BCUT2D eigenvalue weighted by molar-refractivity contribution is 9.10. The Labute approximate surface area is 104 Å². The van der Waals surface area contributed by atoms with Crippen LogP contribution in [0.5, 0.6) is 0 Å². The molecule has 0 amide bonds. The third kappa shape index (κ3) is 2.17. The number of hydrogen-bond acceptors (Lipinski definition) is 3. The Bertz CT molecular complexity index is 359. The lowest BCUT2D eigenvalue weighted by molar-refractivity contribution is 0.0829. The van der Waals surface area contributed by atoms with Crippen LogP contribution < -0.4 is 0 Å². The summed E-state index contributed by atoms with van der Waals surface area (Å²) in [6.07, 6.45) is 2.16. The predicted molar refractivity (Wildman–Crippen MR) is 64.2 cm³/mol. The van der Waals surface area contributed by atoms with Crippen molar-refractivity contribution in [2.24, 2.45) is 5.92 Å². The van der Waals surface area contributed by atoms with Crippen LogP contribution in [-0.4, -0.2) is 28.1 Å². The molecule has 0 aliphatic carbocycles. The highest BCUT2D eigenvalue weighted by atomic mass is 79.9. The van der Waals surface area contributed by atoms with Crippen molar-refractivity contribution >= 4 is 15.9 Å². The van der Waals surface area contributed by atoms with E-state index in [1.807, 2.05) is 4.68 Å². The van der Waals surface area contributed by atoms with Crippen molar-refractivity contribution < 1.29 is 9.84 Å². The van der Waals surface area contributed by atoms with Gasteiger partial charge in [-0.15, -0.1) is 0 Å². The van der Waals surface area contributed by atoms with Crippen LogP contribution in [0.4, 0.5) is 0 Å². The molecule has 1 aliphatic rings. The monoisotopic (exact) mass is 288 g/mol. The maximum Gasteiger partial charge on any atom is 0.102 e. The van der Waals surface area contributed by atoms with Crippen LogP contribution in [0.2, 0.25) is 0 Å². The third-order valence-electron chi connectivity index (χ3n) is 2.97. The number of nitrogens with zero attached hydrogens (tertiary/aromatic N) is 2. The second kappa shape index (κ2) is 4.85. The van der Waals surface area contributed by atoms with Gasteiger partial charge in [0.25, 0.3) is 0 Å². The van der Waals surface area contributed by atoms with E-state index in [1.54, 1.807) is 6.20 Å². The van der Waals surface area contributed by atoms with Gasteiger partial charge in [-0.05, 0) is 36.2 Å². The van der Waals surface area contributed by atoms with E-state index in [2.05, 4.69) is 34.9 Å². The minimum absolute atomic E-state index is 0.186. The predicted octanol–water partition coefficient (Wildman–Crippen LogP) is 2.30. The molecular formula is C11H17BrN2O2. The lowest BCUT2D eigenvalue weighted by Crippen LogP contribution is -2.18. The SMILES string of the molecule is CC(C)n1ncc(Br)c1C(O)C1CCOC1. The fourth-order valence-electron chi connectivity index (χ4n) is 2.06. The van der Waals surface area contributed by atoms with Crippen LogP contribution in [0.1, 0.15) is 38.1 Å². The van der Waals surface area contributed by atoms with Crippen molar-refractivity contribution in [3.8, 4) is 0 Å². The number of ether oxygens (including phenoxy) is 1. The van der Waals surface area contributed by atoms with Gasteiger partial charge in [0.15, 0.2) is 0 Å². The first-order valence-electron chi connectivity index (χ1n) is 5.60. The third-order valence-corrected chi connectivity index (χ3v) is 3.58. The van der Waals surface area contributed by atoms with Gasteiger partial charge in [0.2, 0.25) is 0 Å². The van der Waals surface area contributed by atoms with E-state index in [0.717, 1.165) is 23.2 Å². The van der Waals surface area contributed by atoms with Gasteiger partial charge >= 0.3 is 0 Å². The zero-order valence-electron chi connectivity index (χ0n) is 9.56. The minimum Gasteiger partial charge on any atom is -0.386 e. The molecule has 1 aliphatic heterocycles. The Kier molecular flexibility index (Phi) is 3.66. The molecule has 0 aromatic carbocycles. The summed E-state index contributed by atoms with van der Waals surface area (Å²) in [6.45, 7) is 5.49. The Morgan fingerprint density at radius 1 is 1.62 bits per heavy atom. The van der Waals surface area contributed by atoms with Crippen LogP contribution in [0, 0.1) is 5.92 Å². The molecule has 2 unspecified atom stereocenters. The van der Waals surface area contributed by atoms with Gasteiger partial charge < -0.3 is 9.84 Å². The molecule has 1 N–H and O–H groups in total. The van der Waals surface area contributed by atoms with Gasteiger partial charge in [-0.3, -0.25) is 4.68 Å². The van der Waals surface area contributed by atoms with E-state index in [-0.39, 0.29) is 12.0 Å². The first kappa shape index (κ1) is 12.1. The highest BCUT2D eigenvalue weighted by Crippen LogP contribution is 2.33. The van der Waals surface area contributed by atoms with Gasteiger partial charge in [0.05, 0.1) is 23.0 Å². The molecule has 2 atom stereocenters. The maximum absolute atomic E-state index is 10.3. The molecular weight excluding hydrogens is 272 g/mol. The average Bonchev–Trinajstić information content (AvgIpc) is 2.84. The summed E-state index contributed by atoms with van der Waals surface area (Å²) in [7, 11) is 0. The molecule has 0 spiro atoms. The normalized spacial score (nSPS) is 22.9. The first-order chi connectivity index (χ1) is 7.61. The molecule has 1 aromatic rings. The van der Waals surface area contributed by atoms with Crippen LogP contribution in [0.3, 0.4) is 0 Å². The lowest BCUT2D eigenvalue weighted by atomic mass is 9.99. The molecule has 0 saturated carbocycles. The lowest BCUT2D eigenvalue weighted by Gasteiger charge is -2.20. The fourth-order valence-corrected chi connectivity index (χ4v) is 2.57. The van der Waals surface area contributed by atoms with E-state index in [9.17, 15) is 5.11 Å². The van der Waals surface area contributed by atoms with Crippen molar-refractivity contribution in [3.05, 3.63) is 16.4 Å². The molecule has 4 nitrogen and oxygen atoms in total. The van der Waals surface area contributed by atoms with E-state index in [0.29, 0.717) is 6.61 Å². The summed E-state index contributed by atoms with van der Waals surface area (Å²) in [5.74, 6) is 0.186. The summed E-state index contributed by atoms with van der Waals surface area (Å²) < 4.78 is 8.06. The average molecular weight is 289 g/mol. The summed E-state index contributed by atoms with van der Waals surface area (Å²) in [4.78, 5) is 0. The summed E-state index contributed by atoms with van der Waals surface area (Å²) in [6, 6.07) is 0.248. The number of halogens is 1. The van der Waals surface area contributed by atoms with Crippen molar-refractivity contribution in [1.29, 1.82) is 0 Å². The zero-order chi connectivity index (χ0) is 11.7. The molecule has 90 valence electrons. The zero-order valence-corrected chi connectivity index (χ0v) is 11.1. The van der Waals surface area contributed by atoms with E-state index < -0.39 is 6.10 Å². The van der Waals surface area contributed by atoms with E-state index >= 15 is 0 Å². The maximum atomic E-state index is 10.3. The van der Waals surface area contributed by atoms with E-state index in [1.165, 1.54) is 0 Å². The molecule has 0 bridgehead atoms. The number of aromatic nitrogens is 2. The molecule has 1 fully saturated rings. The Morgan fingerprint density at radius 2 is 2.38 bits per heavy atom. The molecule has 2 rings (SSSR count). The number of hydrogen-bond donors (Lipinski definition) is 1. The van der Waals surface area contributed by atoms with Gasteiger partial charge in [-0.1, -0.05) is 0 Å². The summed E-state index contributed by atoms with van der Waals surface area (Å²) >= 11 is 3.45. The van der Waals surface area contributed by atoms with Gasteiger partial charge in [-0.2, -0.15) is 5.10 Å². The topological polar surface area (TPSA) is 47.3 Å². The molecule has 16 heavy (non-hydrogen) atoms. The minimum atomic E-state index is -0.498. The van der Waals surface area contributed by atoms with Crippen molar-refractivity contribution in [2.45, 2.75) is 32.4 Å². The number of aliphatic hydroxyl groups excluding tert-OH is 1. The molecule has 0 radical (unpaired) electrons. The second-order valence-corrected chi connectivity index (χ2v) is 5.34. The molecule has 1 aromatic heterocycles. The number of aliphatic hydroxyl groups is 1. The molecule has 2 heterocycles. The van der Waals surface area contributed by atoms with Crippen LogP contribution >= 0.6 is 15.9 Å². The van der Waals surface area contributed by atoms with Crippen LogP contribution in [0.15, 0.2) is 10.7 Å². The Hall–Kier alpha value is -0.390. The Balaban J connectivity index is 2.27. The highest BCUT2D eigenvalue weighted by Gasteiger charge is 2.30. The summed E-state index contributed by atoms with van der Waals surface area (Å²) in [5.41, 5.74) is 0.866. The van der Waals surface area contributed by atoms with Gasteiger partial charge in [0.1, 0.15) is 6.10 Å². The van der Waals surface area contributed by atoms with Crippen LogP contribution in [-0.2, 0) is 4.74 Å². The Morgan fingerprint density at radius 3 is 2.94 bits per heavy atom. The fraction of sp³-hybridized carbons (Fsp3) is 0.727. The van der Waals surface area contributed by atoms with E-state index in [4.69, 9.17) is 4.74 Å². The van der Waals surface area contributed by atoms with Crippen molar-refractivity contribution in [2.75, 3.05) is 13.2 Å². The van der Waals surface area contributed by atoms with Gasteiger partial charge in [0, 0.05) is 18.6 Å². The van der Waals surface area contributed by atoms with Crippen molar-refractivity contribution in [3.63, 3.8) is 0 Å². The smallest absolute Gasteiger partial charge is 0.102 e. The molecule has 1 saturated heterocycles.